The Morgan fingerprint density at radius 2 is 2.15 bits per heavy atom. The molecule has 1 aliphatic heterocycles. The van der Waals surface area contributed by atoms with Crippen molar-refractivity contribution in [3.05, 3.63) is 79.0 Å². The molecule has 0 saturated carbocycles. The standard InChI is InChI=1S/C26H23FN4O2/c1-3-23(32)31-12-9-17(15-31)33-22-14-28-11-8-18(22)25-24(19-13-16(2)6-7-20(19)27)26-21(30-25)5-4-10-29-26/h3-8,10-11,13-14,17,30H,1,9,12,15H2,2H3. The fraction of sp³-hybridized carbons (Fsp3) is 0.192. The number of ether oxygens (including phenoxy) is 1. The number of H-pyrrole nitrogens is 1. The molecular weight excluding hydrogens is 419 g/mol. The summed E-state index contributed by atoms with van der Waals surface area (Å²) in [5.41, 5.74) is 5.05. The highest BCUT2D eigenvalue weighted by atomic mass is 19.1. The van der Waals surface area contributed by atoms with Gasteiger partial charge >= 0.3 is 0 Å². The van der Waals surface area contributed by atoms with Gasteiger partial charge in [0.1, 0.15) is 17.7 Å². The van der Waals surface area contributed by atoms with E-state index in [0.29, 0.717) is 47.6 Å². The van der Waals surface area contributed by atoms with Gasteiger partial charge in [0.15, 0.2) is 0 Å². The molecule has 4 aromatic rings. The van der Waals surface area contributed by atoms with Crippen LogP contribution in [0.1, 0.15) is 12.0 Å². The first kappa shape index (κ1) is 20.9. The van der Waals surface area contributed by atoms with Crippen molar-refractivity contribution in [3.63, 3.8) is 0 Å². The summed E-state index contributed by atoms with van der Waals surface area (Å²) in [5, 5.41) is 0. The molecule has 6 nitrogen and oxygen atoms in total. The van der Waals surface area contributed by atoms with Gasteiger partial charge in [0.05, 0.1) is 29.5 Å². The fourth-order valence-electron chi connectivity index (χ4n) is 4.33. The number of pyridine rings is 2. The second kappa shape index (κ2) is 8.50. The Hall–Kier alpha value is -4.00. The van der Waals surface area contributed by atoms with Crippen LogP contribution in [0.4, 0.5) is 4.39 Å². The quantitative estimate of drug-likeness (QED) is 0.446. The molecule has 0 spiro atoms. The Morgan fingerprint density at radius 1 is 1.27 bits per heavy atom. The third-order valence-corrected chi connectivity index (χ3v) is 5.92. The van der Waals surface area contributed by atoms with Crippen LogP contribution in [0.3, 0.4) is 0 Å². The number of likely N-dealkylation sites (tertiary alicyclic amines) is 1. The normalized spacial score (nSPS) is 15.7. The van der Waals surface area contributed by atoms with Crippen molar-refractivity contribution in [1.82, 2.24) is 19.9 Å². The van der Waals surface area contributed by atoms with Gasteiger partial charge in [-0.15, -0.1) is 0 Å². The van der Waals surface area contributed by atoms with E-state index >= 15 is 4.39 Å². The number of aromatic amines is 1. The minimum atomic E-state index is -0.320. The van der Waals surface area contributed by atoms with E-state index in [-0.39, 0.29) is 17.8 Å². The average Bonchev–Trinajstić information content (AvgIpc) is 3.45. The summed E-state index contributed by atoms with van der Waals surface area (Å²) in [7, 11) is 0. The third kappa shape index (κ3) is 3.86. The predicted molar refractivity (Wildman–Crippen MR) is 125 cm³/mol. The Bertz CT molecular complexity index is 1360. The van der Waals surface area contributed by atoms with E-state index in [1.165, 1.54) is 12.1 Å². The number of aromatic nitrogens is 3. The predicted octanol–water partition coefficient (Wildman–Crippen LogP) is 4.91. The Labute approximate surface area is 190 Å². The van der Waals surface area contributed by atoms with E-state index in [1.54, 1.807) is 29.6 Å². The van der Waals surface area contributed by atoms with Gasteiger partial charge in [-0.25, -0.2) is 4.39 Å². The maximum absolute atomic E-state index is 15.0. The van der Waals surface area contributed by atoms with E-state index in [0.717, 1.165) is 16.6 Å². The Balaban J connectivity index is 1.61. The van der Waals surface area contributed by atoms with Crippen LogP contribution in [0.15, 0.2) is 67.6 Å². The van der Waals surface area contributed by atoms with Crippen LogP contribution in [0.2, 0.25) is 0 Å². The number of carbonyl (C=O) groups excluding carboxylic acids is 1. The SMILES string of the molecule is C=CC(=O)N1CCC(Oc2cnccc2-c2[nH]c3cccnc3c2-c2cc(C)ccc2F)C1. The second-order valence-electron chi connectivity index (χ2n) is 8.15. The zero-order chi connectivity index (χ0) is 22.9. The summed E-state index contributed by atoms with van der Waals surface area (Å²) in [5.74, 6) is 0.141. The number of nitrogens with one attached hydrogen (secondary N) is 1. The number of aryl methyl sites for hydroxylation is 1. The molecule has 1 aliphatic rings. The Kier molecular flexibility index (Phi) is 5.38. The van der Waals surface area contributed by atoms with E-state index in [1.807, 2.05) is 31.2 Å². The zero-order valence-electron chi connectivity index (χ0n) is 18.2. The maximum Gasteiger partial charge on any atom is 0.246 e. The second-order valence-corrected chi connectivity index (χ2v) is 8.15. The highest BCUT2D eigenvalue weighted by molar-refractivity contribution is 6.02. The molecule has 1 fully saturated rings. The first-order valence-corrected chi connectivity index (χ1v) is 10.8. The molecule has 0 aliphatic carbocycles. The first-order chi connectivity index (χ1) is 16.0. The zero-order valence-corrected chi connectivity index (χ0v) is 18.2. The molecule has 166 valence electrons. The average molecular weight is 442 g/mol. The number of benzene rings is 1. The smallest absolute Gasteiger partial charge is 0.246 e. The number of hydrogen-bond donors (Lipinski definition) is 1. The summed E-state index contributed by atoms with van der Waals surface area (Å²) in [4.78, 5) is 25.9. The molecule has 1 amide bonds. The Morgan fingerprint density at radius 3 is 3.00 bits per heavy atom. The molecule has 1 atom stereocenters. The van der Waals surface area contributed by atoms with Crippen molar-refractivity contribution in [2.75, 3.05) is 13.1 Å². The van der Waals surface area contributed by atoms with Crippen LogP contribution in [0, 0.1) is 12.7 Å². The van der Waals surface area contributed by atoms with Crippen LogP contribution in [-0.4, -0.2) is 45.0 Å². The van der Waals surface area contributed by atoms with E-state index in [2.05, 4.69) is 21.5 Å². The molecule has 3 aromatic heterocycles. The van der Waals surface area contributed by atoms with Crippen LogP contribution in [0.5, 0.6) is 5.75 Å². The lowest BCUT2D eigenvalue weighted by Crippen LogP contribution is -2.29. The van der Waals surface area contributed by atoms with E-state index < -0.39 is 0 Å². The van der Waals surface area contributed by atoms with Crippen molar-refractivity contribution in [2.24, 2.45) is 0 Å². The van der Waals surface area contributed by atoms with Crippen molar-refractivity contribution in [2.45, 2.75) is 19.4 Å². The molecule has 1 aromatic carbocycles. The molecule has 4 heterocycles. The molecule has 0 radical (unpaired) electrons. The maximum atomic E-state index is 15.0. The number of rotatable bonds is 5. The number of nitrogens with zero attached hydrogens (tertiary/aromatic N) is 3. The molecule has 5 rings (SSSR count). The minimum absolute atomic E-state index is 0.105. The number of carbonyl (C=O) groups is 1. The van der Waals surface area contributed by atoms with Crippen LogP contribution in [0.25, 0.3) is 33.4 Å². The monoisotopic (exact) mass is 442 g/mol. The largest absolute Gasteiger partial charge is 0.486 e. The molecule has 1 saturated heterocycles. The van der Waals surface area contributed by atoms with Gasteiger partial charge in [0.2, 0.25) is 5.91 Å². The van der Waals surface area contributed by atoms with E-state index in [9.17, 15) is 4.79 Å². The van der Waals surface area contributed by atoms with E-state index in [4.69, 9.17) is 4.74 Å². The van der Waals surface area contributed by atoms with Crippen molar-refractivity contribution in [1.29, 1.82) is 0 Å². The minimum Gasteiger partial charge on any atom is -0.486 e. The lowest BCUT2D eigenvalue weighted by Gasteiger charge is -2.18. The fourth-order valence-corrected chi connectivity index (χ4v) is 4.33. The third-order valence-electron chi connectivity index (χ3n) is 5.92. The van der Waals surface area contributed by atoms with Crippen LogP contribution >= 0.6 is 0 Å². The highest BCUT2D eigenvalue weighted by Crippen LogP contribution is 2.42. The molecule has 0 bridgehead atoms. The number of amides is 1. The molecule has 1 unspecified atom stereocenters. The molecule has 1 N–H and O–H groups in total. The lowest BCUT2D eigenvalue weighted by molar-refractivity contribution is -0.125. The number of hydrogen-bond acceptors (Lipinski definition) is 4. The number of halogens is 1. The van der Waals surface area contributed by atoms with Crippen LogP contribution in [-0.2, 0) is 4.79 Å². The highest BCUT2D eigenvalue weighted by Gasteiger charge is 2.28. The number of fused-ring (bicyclic) bond motifs is 1. The lowest BCUT2D eigenvalue weighted by atomic mass is 9.98. The summed E-state index contributed by atoms with van der Waals surface area (Å²) in [6.45, 7) is 6.58. The van der Waals surface area contributed by atoms with Gasteiger partial charge in [-0.05, 0) is 43.3 Å². The van der Waals surface area contributed by atoms with Crippen molar-refractivity contribution >= 4 is 16.9 Å². The van der Waals surface area contributed by atoms with Gasteiger partial charge in [-0.3, -0.25) is 14.8 Å². The molecule has 33 heavy (non-hydrogen) atoms. The van der Waals surface area contributed by atoms with Gasteiger partial charge in [-0.2, -0.15) is 0 Å². The summed E-state index contributed by atoms with van der Waals surface area (Å²) in [6.07, 6.45) is 6.89. The first-order valence-electron chi connectivity index (χ1n) is 10.8. The molecule has 7 heteroatoms. The molecular formula is C26H23FN4O2. The van der Waals surface area contributed by atoms with Crippen LogP contribution < -0.4 is 4.74 Å². The van der Waals surface area contributed by atoms with Gasteiger partial charge in [0.25, 0.3) is 0 Å². The van der Waals surface area contributed by atoms with Gasteiger partial charge < -0.3 is 14.6 Å². The van der Waals surface area contributed by atoms with Crippen molar-refractivity contribution in [3.8, 4) is 28.1 Å². The van der Waals surface area contributed by atoms with Crippen molar-refractivity contribution < 1.29 is 13.9 Å². The summed E-state index contributed by atoms with van der Waals surface area (Å²) < 4.78 is 21.3. The summed E-state index contributed by atoms with van der Waals surface area (Å²) in [6, 6.07) is 10.7. The van der Waals surface area contributed by atoms with Gasteiger partial charge in [-0.1, -0.05) is 18.2 Å². The van der Waals surface area contributed by atoms with Gasteiger partial charge in [0, 0.05) is 42.0 Å². The summed E-state index contributed by atoms with van der Waals surface area (Å²) >= 11 is 0. The topological polar surface area (TPSA) is 71.1 Å².